The molecule has 1 amide bonds. The predicted octanol–water partition coefficient (Wildman–Crippen LogP) is 1.41. The minimum absolute atomic E-state index is 0.113. The molecule has 0 aliphatic carbocycles. The molecule has 122 valence electrons. The second kappa shape index (κ2) is 7.34. The maximum atomic E-state index is 12.3. The van der Waals surface area contributed by atoms with Crippen molar-refractivity contribution in [1.29, 1.82) is 0 Å². The van der Waals surface area contributed by atoms with Gasteiger partial charge in [0.15, 0.2) is 0 Å². The molecule has 0 atom stereocenters. The zero-order valence-corrected chi connectivity index (χ0v) is 13.9. The maximum absolute atomic E-state index is 12.3. The van der Waals surface area contributed by atoms with Gasteiger partial charge in [-0.1, -0.05) is 12.1 Å². The molecule has 0 saturated heterocycles. The third-order valence-corrected chi connectivity index (χ3v) is 4.86. The summed E-state index contributed by atoms with van der Waals surface area (Å²) in [5, 5.41) is 2.64. The van der Waals surface area contributed by atoms with Crippen LogP contribution < -0.4 is 10.0 Å². The second-order valence-electron chi connectivity index (χ2n) is 5.16. The molecule has 1 aromatic carbocycles. The standard InChI is InChI=1S/C16H19N3O3S/c1-12-5-6-13(2)15(10-12)23(21,22)19-9-8-18-16(20)14-4-3-7-17-11-14/h3-7,10-11,19H,8-9H2,1-2H3,(H,18,20). The van der Waals surface area contributed by atoms with Crippen molar-refractivity contribution in [1.82, 2.24) is 15.0 Å². The van der Waals surface area contributed by atoms with Gasteiger partial charge in [0.1, 0.15) is 0 Å². The quantitative estimate of drug-likeness (QED) is 0.782. The monoisotopic (exact) mass is 333 g/mol. The summed E-state index contributed by atoms with van der Waals surface area (Å²) in [6, 6.07) is 8.57. The van der Waals surface area contributed by atoms with Crippen molar-refractivity contribution in [2.24, 2.45) is 0 Å². The molecule has 0 unspecified atom stereocenters. The molecule has 6 nitrogen and oxygen atoms in total. The van der Waals surface area contributed by atoms with Crippen LogP contribution in [-0.4, -0.2) is 32.4 Å². The number of amides is 1. The van der Waals surface area contributed by atoms with E-state index in [0.717, 1.165) is 5.56 Å². The fraction of sp³-hybridized carbons (Fsp3) is 0.250. The molecular weight excluding hydrogens is 314 g/mol. The van der Waals surface area contributed by atoms with Gasteiger partial charge in [-0.3, -0.25) is 9.78 Å². The zero-order valence-electron chi connectivity index (χ0n) is 13.0. The first-order valence-corrected chi connectivity index (χ1v) is 8.63. The minimum atomic E-state index is -3.59. The third-order valence-electron chi connectivity index (χ3n) is 3.26. The first kappa shape index (κ1) is 17.1. The highest BCUT2D eigenvalue weighted by Crippen LogP contribution is 2.16. The number of sulfonamides is 1. The van der Waals surface area contributed by atoms with E-state index in [1.54, 1.807) is 37.4 Å². The van der Waals surface area contributed by atoms with Crippen LogP contribution in [0.2, 0.25) is 0 Å². The maximum Gasteiger partial charge on any atom is 0.252 e. The Labute approximate surface area is 136 Å². The second-order valence-corrected chi connectivity index (χ2v) is 6.90. The number of nitrogens with one attached hydrogen (secondary N) is 2. The van der Waals surface area contributed by atoms with Gasteiger partial charge in [0.25, 0.3) is 5.91 Å². The molecule has 0 radical (unpaired) electrons. The van der Waals surface area contributed by atoms with E-state index < -0.39 is 10.0 Å². The molecule has 0 fully saturated rings. The zero-order chi connectivity index (χ0) is 16.9. The van der Waals surface area contributed by atoms with Crippen LogP contribution in [0.3, 0.4) is 0 Å². The van der Waals surface area contributed by atoms with E-state index >= 15 is 0 Å². The Morgan fingerprint density at radius 1 is 1.17 bits per heavy atom. The van der Waals surface area contributed by atoms with Crippen molar-refractivity contribution < 1.29 is 13.2 Å². The Hall–Kier alpha value is -2.25. The van der Waals surface area contributed by atoms with Crippen LogP contribution in [0, 0.1) is 13.8 Å². The van der Waals surface area contributed by atoms with Crippen LogP contribution in [0.1, 0.15) is 21.5 Å². The van der Waals surface area contributed by atoms with Crippen LogP contribution in [0.5, 0.6) is 0 Å². The van der Waals surface area contributed by atoms with Crippen LogP contribution in [-0.2, 0) is 10.0 Å². The fourth-order valence-electron chi connectivity index (χ4n) is 2.04. The molecule has 1 heterocycles. The summed E-state index contributed by atoms with van der Waals surface area (Å²) in [6.45, 7) is 3.89. The smallest absolute Gasteiger partial charge is 0.252 e. The highest BCUT2D eigenvalue weighted by Gasteiger charge is 2.16. The highest BCUT2D eigenvalue weighted by molar-refractivity contribution is 7.89. The van der Waals surface area contributed by atoms with Crippen molar-refractivity contribution in [2.45, 2.75) is 18.7 Å². The molecule has 0 spiro atoms. The van der Waals surface area contributed by atoms with Crippen LogP contribution in [0.4, 0.5) is 0 Å². The number of rotatable bonds is 6. The van der Waals surface area contributed by atoms with Gasteiger partial charge in [0, 0.05) is 25.5 Å². The van der Waals surface area contributed by atoms with E-state index in [1.165, 1.54) is 6.20 Å². The first-order valence-electron chi connectivity index (χ1n) is 7.15. The SMILES string of the molecule is Cc1ccc(C)c(S(=O)(=O)NCCNC(=O)c2cccnc2)c1. The number of hydrogen-bond donors (Lipinski definition) is 2. The van der Waals surface area contributed by atoms with E-state index in [4.69, 9.17) is 0 Å². The topological polar surface area (TPSA) is 88.2 Å². The van der Waals surface area contributed by atoms with Crippen LogP contribution in [0.15, 0.2) is 47.6 Å². The molecular formula is C16H19N3O3S. The first-order chi connectivity index (χ1) is 10.9. The predicted molar refractivity (Wildman–Crippen MR) is 87.7 cm³/mol. The Morgan fingerprint density at radius 3 is 2.65 bits per heavy atom. The van der Waals surface area contributed by atoms with Gasteiger partial charge in [-0.15, -0.1) is 0 Å². The summed E-state index contributed by atoms with van der Waals surface area (Å²) in [4.78, 5) is 15.9. The molecule has 0 saturated carbocycles. The van der Waals surface area contributed by atoms with Crippen molar-refractivity contribution in [3.63, 3.8) is 0 Å². The Morgan fingerprint density at radius 2 is 1.96 bits per heavy atom. The van der Waals surface area contributed by atoms with E-state index in [1.807, 2.05) is 13.0 Å². The van der Waals surface area contributed by atoms with E-state index in [9.17, 15) is 13.2 Å². The summed E-state index contributed by atoms with van der Waals surface area (Å²) < 4.78 is 27.1. The summed E-state index contributed by atoms with van der Waals surface area (Å²) in [7, 11) is -3.59. The van der Waals surface area contributed by atoms with Gasteiger partial charge in [-0.25, -0.2) is 13.1 Å². The van der Waals surface area contributed by atoms with Crippen LogP contribution >= 0.6 is 0 Å². The molecule has 2 N–H and O–H groups in total. The molecule has 0 bridgehead atoms. The number of benzene rings is 1. The van der Waals surface area contributed by atoms with Crippen LogP contribution in [0.25, 0.3) is 0 Å². The average molecular weight is 333 g/mol. The number of carbonyl (C=O) groups is 1. The number of nitrogens with zero attached hydrogens (tertiary/aromatic N) is 1. The van der Waals surface area contributed by atoms with Gasteiger partial charge >= 0.3 is 0 Å². The Bertz CT molecular complexity index is 789. The van der Waals surface area contributed by atoms with Gasteiger partial charge in [-0.2, -0.15) is 0 Å². The molecule has 23 heavy (non-hydrogen) atoms. The fourth-order valence-corrected chi connectivity index (χ4v) is 3.39. The van der Waals surface area contributed by atoms with E-state index in [-0.39, 0.29) is 23.9 Å². The van der Waals surface area contributed by atoms with Gasteiger partial charge in [-0.05, 0) is 43.2 Å². The van der Waals surface area contributed by atoms with Gasteiger partial charge in [0.05, 0.1) is 10.5 Å². The van der Waals surface area contributed by atoms with Crippen molar-refractivity contribution in [3.05, 3.63) is 59.4 Å². The Balaban J connectivity index is 1.90. The Kier molecular flexibility index (Phi) is 5.46. The van der Waals surface area contributed by atoms with Crippen molar-refractivity contribution >= 4 is 15.9 Å². The lowest BCUT2D eigenvalue weighted by Crippen LogP contribution is -2.35. The molecule has 0 aliphatic heterocycles. The lowest BCUT2D eigenvalue weighted by Gasteiger charge is -2.10. The normalized spacial score (nSPS) is 11.2. The van der Waals surface area contributed by atoms with E-state index in [0.29, 0.717) is 11.1 Å². The number of carbonyl (C=O) groups excluding carboxylic acids is 1. The van der Waals surface area contributed by atoms with Gasteiger partial charge in [0.2, 0.25) is 10.0 Å². The largest absolute Gasteiger partial charge is 0.351 e. The summed E-state index contributed by atoms with van der Waals surface area (Å²) in [6.07, 6.45) is 3.03. The summed E-state index contributed by atoms with van der Waals surface area (Å²) >= 11 is 0. The lowest BCUT2D eigenvalue weighted by atomic mass is 10.2. The number of aromatic nitrogens is 1. The molecule has 1 aromatic heterocycles. The summed E-state index contributed by atoms with van der Waals surface area (Å²) in [5.74, 6) is -0.288. The number of pyridine rings is 1. The minimum Gasteiger partial charge on any atom is -0.351 e. The molecule has 2 rings (SSSR count). The summed E-state index contributed by atoms with van der Waals surface area (Å²) in [5.41, 5.74) is 1.99. The molecule has 2 aromatic rings. The van der Waals surface area contributed by atoms with Gasteiger partial charge < -0.3 is 5.32 Å². The third kappa shape index (κ3) is 4.61. The lowest BCUT2D eigenvalue weighted by molar-refractivity contribution is 0.0954. The van der Waals surface area contributed by atoms with E-state index in [2.05, 4.69) is 15.0 Å². The van der Waals surface area contributed by atoms with Crippen molar-refractivity contribution in [2.75, 3.05) is 13.1 Å². The molecule has 7 heteroatoms. The van der Waals surface area contributed by atoms with Crippen molar-refractivity contribution in [3.8, 4) is 0 Å². The number of hydrogen-bond acceptors (Lipinski definition) is 4. The number of aryl methyl sites for hydroxylation is 2. The average Bonchev–Trinajstić information content (AvgIpc) is 2.54. The molecule has 0 aliphatic rings. The highest BCUT2D eigenvalue weighted by atomic mass is 32.2.